The van der Waals surface area contributed by atoms with Crippen molar-refractivity contribution in [1.82, 2.24) is 10.6 Å². The number of hydrogen-bond donors (Lipinski definition) is 2. The highest BCUT2D eigenvalue weighted by Gasteiger charge is 2.41. The first-order valence-electron chi connectivity index (χ1n) is 6.74. The minimum absolute atomic E-state index is 0.218. The quantitative estimate of drug-likeness (QED) is 0.748. The number of nitrogens with one attached hydrogen (secondary N) is 2. The molecule has 3 heteroatoms. The topological polar surface area (TPSA) is 41.1 Å². The van der Waals surface area contributed by atoms with E-state index in [1.165, 1.54) is 25.7 Å². The molecule has 16 heavy (non-hydrogen) atoms. The van der Waals surface area contributed by atoms with E-state index in [2.05, 4.69) is 17.6 Å². The van der Waals surface area contributed by atoms with E-state index >= 15 is 0 Å². The van der Waals surface area contributed by atoms with Crippen molar-refractivity contribution in [1.29, 1.82) is 0 Å². The van der Waals surface area contributed by atoms with E-state index < -0.39 is 0 Å². The Kier molecular flexibility index (Phi) is 3.85. The van der Waals surface area contributed by atoms with Crippen molar-refractivity contribution in [2.75, 3.05) is 13.1 Å². The van der Waals surface area contributed by atoms with Crippen LogP contribution in [0, 0.1) is 5.41 Å². The summed E-state index contributed by atoms with van der Waals surface area (Å²) < 4.78 is 0. The standard InChI is InChI=1S/C13H24N2O/c1-2-5-13(6-7-13)10-15-11-4-3-8-14-12(16)9-11/h11,15H,2-10H2,1H3,(H,14,16). The van der Waals surface area contributed by atoms with Gasteiger partial charge in [0.15, 0.2) is 0 Å². The summed E-state index contributed by atoms with van der Waals surface area (Å²) in [6.45, 7) is 4.25. The molecule has 1 atom stereocenters. The van der Waals surface area contributed by atoms with Crippen LogP contribution in [0.15, 0.2) is 0 Å². The maximum atomic E-state index is 11.4. The van der Waals surface area contributed by atoms with Gasteiger partial charge in [-0.05, 0) is 37.5 Å². The fourth-order valence-electron chi connectivity index (χ4n) is 2.73. The maximum absolute atomic E-state index is 11.4. The van der Waals surface area contributed by atoms with Crippen molar-refractivity contribution in [2.45, 2.75) is 57.9 Å². The Hall–Kier alpha value is -0.570. The molecule has 0 aromatic rings. The van der Waals surface area contributed by atoms with E-state index in [0.717, 1.165) is 25.9 Å². The van der Waals surface area contributed by atoms with Gasteiger partial charge in [0.1, 0.15) is 0 Å². The minimum Gasteiger partial charge on any atom is -0.356 e. The lowest BCUT2D eigenvalue weighted by Crippen LogP contribution is -2.36. The summed E-state index contributed by atoms with van der Waals surface area (Å²) in [6.07, 6.45) is 8.32. The van der Waals surface area contributed by atoms with Crippen LogP contribution < -0.4 is 10.6 Å². The maximum Gasteiger partial charge on any atom is 0.221 e. The molecular formula is C13H24N2O. The fourth-order valence-corrected chi connectivity index (χ4v) is 2.73. The van der Waals surface area contributed by atoms with Gasteiger partial charge in [0, 0.05) is 25.6 Å². The number of rotatable bonds is 5. The summed E-state index contributed by atoms with van der Waals surface area (Å²) in [4.78, 5) is 11.4. The molecule has 3 nitrogen and oxygen atoms in total. The molecule has 1 saturated carbocycles. The van der Waals surface area contributed by atoms with Gasteiger partial charge in [-0.25, -0.2) is 0 Å². The molecule has 2 N–H and O–H groups in total. The van der Waals surface area contributed by atoms with Crippen LogP contribution >= 0.6 is 0 Å². The summed E-state index contributed by atoms with van der Waals surface area (Å²) in [5.74, 6) is 0.218. The number of carbonyl (C=O) groups is 1. The lowest BCUT2D eigenvalue weighted by Gasteiger charge is -2.20. The van der Waals surface area contributed by atoms with Crippen molar-refractivity contribution in [3.05, 3.63) is 0 Å². The SMILES string of the molecule is CCCC1(CNC2CCCNC(=O)C2)CC1. The summed E-state index contributed by atoms with van der Waals surface area (Å²) in [5.41, 5.74) is 0.595. The Morgan fingerprint density at radius 2 is 2.31 bits per heavy atom. The largest absolute Gasteiger partial charge is 0.356 e. The first-order chi connectivity index (χ1) is 7.74. The molecule has 1 aliphatic heterocycles. The molecule has 2 rings (SSSR count). The van der Waals surface area contributed by atoms with Gasteiger partial charge in [0.2, 0.25) is 5.91 Å². The van der Waals surface area contributed by atoms with Crippen molar-refractivity contribution in [3.63, 3.8) is 0 Å². The van der Waals surface area contributed by atoms with Gasteiger partial charge in [-0.2, -0.15) is 0 Å². The predicted octanol–water partition coefficient (Wildman–Crippen LogP) is 1.82. The molecule has 0 radical (unpaired) electrons. The Balaban J connectivity index is 1.74. The van der Waals surface area contributed by atoms with Crippen molar-refractivity contribution in [3.8, 4) is 0 Å². The van der Waals surface area contributed by atoms with E-state index in [-0.39, 0.29) is 5.91 Å². The van der Waals surface area contributed by atoms with Crippen LogP contribution in [0.3, 0.4) is 0 Å². The van der Waals surface area contributed by atoms with Crippen molar-refractivity contribution >= 4 is 5.91 Å². The van der Waals surface area contributed by atoms with Gasteiger partial charge in [-0.3, -0.25) is 4.79 Å². The molecular weight excluding hydrogens is 200 g/mol. The average molecular weight is 224 g/mol. The highest BCUT2D eigenvalue weighted by Crippen LogP contribution is 2.49. The van der Waals surface area contributed by atoms with E-state index in [1.54, 1.807) is 0 Å². The van der Waals surface area contributed by atoms with Gasteiger partial charge in [0.25, 0.3) is 0 Å². The molecule has 1 saturated heterocycles. The Labute approximate surface area is 98.4 Å². The molecule has 1 amide bonds. The molecule has 1 heterocycles. The summed E-state index contributed by atoms with van der Waals surface area (Å²) in [6, 6.07) is 0.414. The molecule has 0 spiro atoms. The number of carbonyl (C=O) groups excluding carboxylic acids is 1. The van der Waals surface area contributed by atoms with Gasteiger partial charge < -0.3 is 10.6 Å². The van der Waals surface area contributed by atoms with Crippen LogP contribution in [0.5, 0.6) is 0 Å². The molecule has 2 aliphatic rings. The lowest BCUT2D eigenvalue weighted by molar-refractivity contribution is -0.121. The van der Waals surface area contributed by atoms with Gasteiger partial charge in [-0.1, -0.05) is 13.3 Å². The van der Waals surface area contributed by atoms with E-state index in [9.17, 15) is 4.79 Å². The van der Waals surface area contributed by atoms with Crippen molar-refractivity contribution < 1.29 is 4.79 Å². The first kappa shape index (κ1) is 11.9. The van der Waals surface area contributed by atoms with Gasteiger partial charge in [-0.15, -0.1) is 0 Å². The molecule has 0 aromatic heterocycles. The minimum atomic E-state index is 0.218. The fraction of sp³-hybridized carbons (Fsp3) is 0.923. The summed E-state index contributed by atoms with van der Waals surface area (Å²) >= 11 is 0. The molecule has 1 unspecified atom stereocenters. The third kappa shape index (κ3) is 3.21. The van der Waals surface area contributed by atoms with Crippen LogP contribution in [0.1, 0.15) is 51.9 Å². The number of hydrogen-bond acceptors (Lipinski definition) is 2. The van der Waals surface area contributed by atoms with Crippen LogP contribution in [0.25, 0.3) is 0 Å². The molecule has 1 aliphatic carbocycles. The Morgan fingerprint density at radius 1 is 1.50 bits per heavy atom. The predicted molar refractivity (Wildman–Crippen MR) is 65.2 cm³/mol. The third-order valence-corrected chi connectivity index (χ3v) is 3.99. The Bertz CT molecular complexity index is 248. The highest BCUT2D eigenvalue weighted by molar-refractivity contribution is 5.76. The van der Waals surface area contributed by atoms with Crippen molar-refractivity contribution in [2.24, 2.45) is 5.41 Å². The third-order valence-electron chi connectivity index (χ3n) is 3.99. The zero-order valence-corrected chi connectivity index (χ0v) is 10.3. The van der Waals surface area contributed by atoms with E-state index in [0.29, 0.717) is 17.9 Å². The normalized spacial score (nSPS) is 28.3. The summed E-state index contributed by atoms with van der Waals surface area (Å²) in [5, 5.41) is 6.55. The lowest BCUT2D eigenvalue weighted by atomic mass is 9.99. The van der Waals surface area contributed by atoms with Crippen LogP contribution in [-0.2, 0) is 4.79 Å². The molecule has 92 valence electrons. The zero-order chi connectivity index (χ0) is 11.4. The molecule has 2 fully saturated rings. The van der Waals surface area contributed by atoms with E-state index in [1.807, 2.05) is 0 Å². The number of amides is 1. The van der Waals surface area contributed by atoms with Gasteiger partial charge >= 0.3 is 0 Å². The van der Waals surface area contributed by atoms with Gasteiger partial charge in [0.05, 0.1) is 0 Å². The van der Waals surface area contributed by atoms with Crippen LogP contribution in [-0.4, -0.2) is 25.0 Å². The molecule has 0 aromatic carbocycles. The smallest absolute Gasteiger partial charge is 0.221 e. The Morgan fingerprint density at radius 3 is 3.00 bits per heavy atom. The second kappa shape index (κ2) is 5.17. The second-order valence-electron chi connectivity index (χ2n) is 5.52. The van der Waals surface area contributed by atoms with E-state index in [4.69, 9.17) is 0 Å². The van der Waals surface area contributed by atoms with Crippen LogP contribution in [0.4, 0.5) is 0 Å². The summed E-state index contributed by atoms with van der Waals surface area (Å²) in [7, 11) is 0. The second-order valence-corrected chi connectivity index (χ2v) is 5.52. The average Bonchev–Trinajstić information content (AvgIpc) is 3.02. The zero-order valence-electron chi connectivity index (χ0n) is 10.3. The monoisotopic (exact) mass is 224 g/mol. The first-order valence-corrected chi connectivity index (χ1v) is 6.74. The molecule has 0 bridgehead atoms. The van der Waals surface area contributed by atoms with Crippen LogP contribution in [0.2, 0.25) is 0 Å². The highest BCUT2D eigenvalue weighted by atomic mass is 16.1.